The Labute approximate surface area is 193 Å². The van der Waals surface area contributed by atoms with Gasteiger partial charge in [-0.2, -0.15) is 10.2 Å². The standard InChI is InChI=1S/C26H30FN5O/c1-3-19(17-31(4-2)26(33)11-8-20-6-5-7-24(27)12-20)18-32-25-10-9-21(13-22(25)16-30-32)23-14-28-29-15-23/h5-7,9-10,12-16,19H,3-4,8,11,17-18H2,1-2H3,(H,28,29)/t19-/m1/s1. The number of halogens is 1. The lowest BCUT2D eigenvalue weighted by Gasteiger charge is -2.26. The maximum absolute atomic E-state index is 13.4. The molecule has 2 heterocycles. The molecule has 1 amide bonds. The summed E-state index contributed by atoms with van der Waals surface area (Å²) in [5.74, 6) is 0.136. The van der Waals surface area contributed by atoms with Gasteiger partial charge in [0.05, 0.1) is 17.9 Å². The third-order valence-corrected chi connectivity index (χ3v) is 6.21. The molecule has 0 saturated heterocycles. The van der Waals surface area contributed by atoms with Gasteiger partial charge in [-0.15, -0.1) is 0 Å². The van der Waals surface area contributed by atoms with Crippen molar-refractivity contribution in [3.05, 3.63) is 72.4 Å². The zero-order valence-electron chi connectivity index (χ0n) is 19.2. The highest BCUT2D eigenvalue weighted by molar-refractivity contribution is 5.84. The van der Waals surface area contributed by atoms with E-state index < -0.39 is 0 Å². The highest BCUT2D eigenvalue weighted by atomic mass is 19.1. The van der Waals surface area contributed by atoms with Crippen LogP contribution in [0.25, 0.3) is 22.0 Å². The van der Waals surface area contributed by atoms with Crippen molar-refractivity contribution in [1.29, 1.82) is 0 Å². The smallest absolute Gasteiger partial charge is 0.222 e. The molecule has 1 atom stereocenters. The number of aromatic nitrogens is 4. The molecule has 0 aliphatic heterocycles. The molecule has 0 unspecified atom stereocenters. The van der Waals surface area contributed by atoms with Crippen LogP contribution in [0.2, 0.25) is 0 Å². The average molecular weight is 448 g/mol. The molecular weight excluding hydrogens is 417 g/mol. The molecule has 0 aliphatic carbocycles. The number of aromatic amines is 1. The second kappa shape index (κ2) is 10.4. The molecule has 0 aliphatic rings. The molecule has 0 saturated carbocycles. The van der Waals surface area contributed by atoms with E-state index in [9.17, 15) is 9.18 Å². The highest BCUT2D eigenvalue weighted by Crippen LogP contribution is 2.24. The quantitative estimate of drug-likeness (QED) is 0.369. The summed E-state index contributed by atoms with van der Waals surface area (Å²) in [6.45, 7) is 6.25. The van der Waals surface area contributed by atoms with E-state index in [1.807, 2.05) is 41.2 Å². The number of hydrogen-bond acceptors (Lipinski definition) is 3. The summed E-state index contributed by atoms with van der Waals surface area (Å²) in [4.78, 5) is 14.8. The van der Waals surface area contributed by atoms with Crippen LogP contribution >= 0.6 is 0 Å². The Morgan fingerprint density at radius 1 is 1.15 bits per heavy atom. The van der Waals surface area contributed by atoms with Gasteiger partial charge in [-0.05, 0) is 61.1 Å². The van der Waals surface area contributed by atoms with Crippen LogP contribution in [0.5, 0.6) is 0 Å². The first-order chi connectivity index (χ1) is 16.1. The molecule has 6 nitrogen and oxygen atoms in total. The summed E-state index contributed by atoms with van der Waals surface area (Å²) in [5.41, 5.74) is 4.08. The number of rotatable bonds is 10. The van der Waals surface area contributed by atoms with Gasteiger partial charge in [-0.25, -0.2) is 4.39 Å². The van der Waals surface area contributed by atoms with Crippen molar-refractivity contribution in [1.82, 2.24) is 24.9 Å². The number of nitrogens with zero attached hydrogens (tertiary/aromatic N) is 4. The minimum absolute atomic E-state index is 0.107. The minimum atomic E-state index is -0.262. The molecule has 33 heavy (non-hydrogen) atoms. The van der Waals surface area contributed by atoms with E-state index in [0.717, 1.165) is 40.6 Å². The lowest BCUT2D eigenvalue weighted by atomic mass is 10.0. The topological polar surface area (TPSA) is 66.8 Å². The second-order valence-electron chi connectivity index (χ2n) is 8.42. The fourth-order valence-corrected chi connectivity index (χ4v) is 4.20. The first-order valence-electron chi connectivity index (χ1n) is 11.5. The van der Waals surface area contributed by atoms with Gasteiger partial charge in [0.2, 0.25) is 5.91 Å². The number of carbonyl (C=O) groups is 1. The maximum Gasteiger partial charge on any atom is 0.222 e. The van der Waals surface area contributed by atoms with Gasteiger partial charge in [0.15, 0.2) is 0 Å². The number of carbonyl (C=O) groups excluding carboxylic acids is 1. The molecule has 2 aromatic carbocycles. The van der Waals surface area contributed by atoms with Crippen LogP contribution in [0.1, 0.15) is 32.3 Å². The average Bonchev–Trinajstić information content (AvgIpc) is 3.50. The molecular formula is C26H30FN5O. The number of aryl methyl sites for hydroxylation is 1. The van der Waals surface area contributed by atoms with E-state index in [2.05, 4.69) is 40.4 Å². The Balaban J connectivity index is 1.40. The Kier molecular flexibility index (Phi) is 7.17. The predicted octanol–water partition coefficient (Wildman–Crippen LogP) is 5.07. The molecule has 4 rings (SSSR count). The normalized spacial score (nSPS) is 12.2. The van der Waals surface area contributed by atoms with Crippen molar-refractivity contribution in [2.24, 2.45) is 5.92 Å². The Bertz CT molecular complexity index is 1200. The Hall–Kier alpha value is -3.48. The summed E-state index contributed by atoms with van der Waals surface area (Å²) in [6.07, 6.45) is 7.46. The molecule has 0 bridgehead atoms. The number of hydrogen-bond donors (Lipinski definition) is 1. The van der Waals surface area contributed by atoms with Crippen LogP contribution < -0.4 is 0 Å². The number of nitrogens with one attached hydrogen (secondary N) is 1. The zero-order chi connectivity index (χ0) is 23.2. The van der Waals surface area contributed by atoms with Gasteiger partial charge >= 0.3 is 0 Å². The van der Waals surface area contributed by atoms with Gasteiger partial charge in [0.1, 0.15) is 5.82 Å². The molecule has 1 N–H and O–H groups in total. The molecule has 4 aromatic rings. The Morgan fingerprint density at radius 3 is 2.76 bits per heavy atom. The van der Waals surface area contributed by atoms with Crippen LogP contribution in [0, 0.1) is 11.7 Å². The minimum Gasteiger partial charge on any atom is -0.343 e. The monoisotopic (exact) mass is 447 g/mol. The molecule has 172 valence electrons. The van der Waals surface area contributed by atoms with Crippen LogP contribution in [0.4, 0.5) is 4.39 Å². The van der Waals surface area contributed by atoms with Crippen molar-refractivity contribution in [3.63, 3.8) is 0 Å². The number of benzene rings is 2. The van der Waals surface area contributed by atoms with Crippen LogP contribution in [0.3, 0.4) is 0 Å². The lowest BCUT2D eigenvalue weighted by molar-refractivity contribution is -0.131. The SMILES string of the molecule is CC[C@H](CN(CC)C(=O)CCc1cccc(F)c1)Cn1ncc2cc(-c3cn[nH]c3)ccc21. The van der Waals surface area contributed by atoms with Gasteiger partial charge in [0.25, 0.3) is 0 Å². The molecule has 7 heteroatoms. The van der Waals surface area contributed by atoms with E-state index in [4.69, 9.17) is 0 Å². The maximum atomic E-state index is 13.4. The molecule has 0 fully saturated rings. The van der Waals surface area contributed by atoms with E-state index in [0.29, 0.717) is 31.8 Å². The van der Waals surface area contributed by atoms with Gasteiger partial charge in [-0.3, -0.25) is 14.6 Å². The van der Waals surface area contributed by atoms with E-state index in [1.165, 1.54) is 12.1 Å². The van der Waals surface area contributed by atoms with Crippen molar-refractivity contribution in [2.75, 3.05) is 13.1 Å². The van der Waals surface area contributed by atoms with Gasteiger partial charge < -0.3 is 4.90 Å². The van der Waals surface area contributed by atoms with Gasteiger partial charge in [0, 0.05) is 43.2 Å². The summed E-state index contributed by atoms with van der Waals surface area (Å²) < 4.78 is 15.4. The first-order valence-corrected chi connectivity index (χ1v) is 11.5. The molecule has 2 aromatic heterocycles. The second-order valence-corrected chi connectivity index (χ2v) is 8.42. The van der Waals surface area contributed by atoms with Crippen molar-refractivity contribution < 1.29 is 9.18 Å². The number of H-pyrrole nitrogens is 1. The lowest BCUT2D eigenvalue weighted by Crippen LogP contribution is -2.36. The predicted molar refractivity (Wildman–Crippen MR) is 128 cm³/mol. The van der Waals surface area contributed by atoms with Crippen molar-refractivity contribution in [2.45, 2.75) is 39.7 Å². The van der Waals surface area contributed by atoms with E-state index in [1.54, 1.807) is 6.07 Å². The number of amides is 1. The van der Waals surface area contributed by atoms with Crippen LogP contribution in [-0.4, -0.2) is 43.9 Å². The third-order valence-electron chi connectivity index (χ3n) is 6.21. The zero-order valence-corrected chi connectivity index (χ0v) is 19.2. The summed E-state index contributed by atoms with van der Waals surface area (Å²) in [5, 5.41) is 12.6. The number of fused-ring (bicyclic) bond motifs is 1. The van der Waals surface area contributed by atoms with E-state index in [-0.39, 0.29) is 11.7 Å². The van der Waals surface area contributed by atoms with Crippen molar-refractivity contribution >= 4 is 16.8 Å². The first kappa shape index (κ1) is 22.7. The van der Waals surface area contributed by atoms with Crippen LogP contribution in [0.15, 0.2) is 61.1 Å². The third kappa shape index (κ3) is 5.48. The Morgan fingerprint density at radius 2 is 2.03 bits per heavy atom. The van der Waals surface area contributed by atoms with Gasteiger partial charge in [-0.1, -0.05) is 25.1 Å². The van der Waals surface area contributed by atoms with Crippen LogP contribution in [-0.2, 0) is 17.8 Å². The van der Waals surface area contributed by atoms with E-state index >= 15 is 0 Å². The largest absolute Gasteiger partial charge is 0.343 e. The summed E-state index contributed by atoms with van der Waals surface area (Å²) in [7, 11) is 0. The fraction of sp³-hybridized carbons (Fsp3) is 0.346. The van der Waals surface area contributed by atoms with Crippen molar-refractivity contribution in [3.8, 4) is 11.1 Å². The highest BCUT2D eigenvalue weighted by Gasteiger charge is 2.18. The summed E-state index contributed by atoms with van der Waals surface area (Å²) in [6, 6.07) is 12.8. The fourth-order valence-electron chi connectivity index (χ4n) is 4.20. The molecule has 0 spiro atoms. The molecule has 0 radical (unpaired) electrons. The summed E-state index contributed by atoms with van der Waals surface area (Å²) >= 11 is 0.